The number of carbonyl (C=O) groups excluding carboxylic acids is 1. The lowest BCUT2D eigenvalue weighted by Gasteiger charge is -2.10. The summed E-state index contributed by atoms with van der Waals surface area (Å²) in [5, 5.41) is 2.65. The van der Waals surface area contributed by atoms with Gasteiger partial charge in [0.1, 0.15) is 17.3 Å². The minimum absolute atomic E-state index is 0.0285. The molecule has 3 N–H and O–H groups in total. The Kier molecular flexibility index (Phi) is 4.61. The van der Waals surface area contributed by atoms with Crippen LogP contribution in [0.25, 0.3) is 0 Å². The zero-order chi connectivity index (χ0) is 15.2. The van der Waals surface area contributed by atoms with E-state index in [1.54, 1.807) is 24.3 Å². The number of nitrogens with two attached hydrogens (primary N) is 1. The summed E-state index contributed by atoms with van der Waals surface area (Å²) < 4.78 is 23.5. The van der Waals surface area contributed by atoms with Crippen molar-refractivity contribution >= 4 is 17.3 Å². The third-order valence-corrected chi connectivity index (χ3v) is 2.72. The molecule has 0 aromatic heterocycles. The molecule has 0 bridgehead atoms. The van der Waals surface area contributed by atoms with Gasteiger partial charge in [-0.3, -0.25) is 4.79 Å². The smallest absolute Gasteiger partial charge is 0.262 e. The Balaban J connectivity index is 1.94. The van der Waals surface area contributed by atoms with Crippen molar-refractivity contribution in [3.8, 4) is 11.5 Å². The minimum Gasteiger partial charge on any atom is -0.495 e. The Morgan fingerprint density at radius 2 is 2.05 bits per heavy atom. The number of hydrogen-bond donors (Lipinski definition) is 2. The Hall–Kier alpha value is -2.76. The van der Waals surface area contributed by atoms with Gasteiger partial charge in [0.2, 0.25) is 0 Å². The van der Waals surface area contributed by atoms with Crippen molar-refractivity contribution < 1.29 is 18.7 Å². The molecule has 0 saturated carbocycles. The summed E-state index contributed by atoms with van der Waals surface area (Å²) in [6, 6.07) is 11.0. The van der Waals surface area contributed by atoms with Gasteiger partial charge in [-0.2, -0.15) is 0 Å². The summed E-state index contributed by atoms with van der Waals surface area (Å²) in [6.45, 7) is -0.249. The number of anilines is 2. The molecule has 0 atom stereocenters. The van der Waals surface area contributed by atoms with E-state index < -0.39 is 5.82 Å². The Labute approximate surface area is 121 Å². The van der Waals surface area contributed by atoms with E-state index in [2.05, 4.69) is 5.32 Å². The third kappa shape index (κ3) is 3.85. The van der Waals surface area contributed by atoms with Crippen molar-refractivity contribution in [2.24, 2.45) is 0 Å². The first-order valence-corrected chi connectivity index (χ1v) is 6.21. The van der Waals surface area contributed by atoms with Crippen LogP contribution in [0.5, 0.6) is 11.5 Å². The number of nitrogen functional groups attached to an aromatic ring is 1. The molecule has 0 aliphatic carbocycles. The summed E-state index contributed by atoms with van der Waals surface area (Å²) in [6.07, 6.45) is 0. The van der Waals surface area contributed by atoms with Crippen molar-refractivity contribution in [2.45, 2.75) is 0 Å². The van der Waals surface area contributed by atoms with Gasteiger partial charge in [0, 0.05) is 6.07 Å². The van der Waals surface area contributed by atoms with Crippen LogP contribution in [0.2, 0.25) is 0 Å². The average Bonchev–Trinajstić information content (AvgIpc) is 2.49. The van der Waals surface area contributed by atoms with Crippen LogP contribution in [-0.4, -0.2) is 19.6 Å². The Morgan fingerprint density at radius 1 is 1.29 bits per heavy atom. The highest BCUT2D eigenvalue weighted by Gasteiger charge is 2.08. The maximum absolute atomic E-state index is 13.2. The van der Waals surface area contributed by atoms with Gasteiger partial charge in [-0.25, -0.2) is 4.39 Å². The first kappa shape index (κ1) is 14.6. The molecule has 110 valence electrons. The summed E-state index contributed by atoms with van der Waals surface area (Å²) in [5.74, 6) is -0.185. The van der Waals surface area contributed by atoms with Gasteiger partial charge in [0.15, 0.2) is 6.61 Å². The van der Waals surface area contributed by atoms with Crippen molar-refractivity contribution in [3.05, 3.63) is 48.3 Å². The topological polar surface area (TPSA) is 73.6 Å². The molecule has 0 aliphatic heterocycles. The molecule has 0 fully saturated rings. The SMILES string of the molecule is COc1ccccc1NC(=O)COc1ccc(N)c(F)c1. The number of para-hydroxylation sites is 2. The van der Waals surface area contributed by atoms with Crippen LogP contribution in [0.4, 0.5) is 15.8 Å². The molecule has 21 heavy (non-hydrogen) atoms. The largest absolute Gasteiger partial charge is 0.495 e. The number of halogens is 1. The number of benzene rings is 2. The molecule has 2 aromatic rings. The molecule has 5 nitrogen and oxygen atoms in total. The van der Waals surface area contributed by atoms with Gasteiger partial charge >= 0.3 is 0 Å². The van der Waals surface area contributed by atoms with Crippen molar-refractivity contribution in [1.82, 2.24) is 0 Å². The number of amides is 1. The number of ether oxygens (including phenoxy) is 2. The highest BCUT2D eigenvalue weighted by molar-refractivity contribution is 5.93. The number of rotatable bonds is 5. The molecular weight excluding hydrogens is 275 g/mol. The lowest BCUT2D eigenvalue weighted by molar-refractivity contribution is -0.118. The standard InChI is InChI=1S/C15H15FN2O3/c1-20-14-5-3-2-4-13(14)18-15(19)9-21-10-6-7-12(17)11(16)8-10/h2-8H,9,17H2,1H3,(H,18,19). The van der Waals surface area contributed by atoms with Crippen LogP contribution in [0, 0.1) is 5.82 Å². The predicted octanol–water partition coefficient (Wildman–Crippen LogP) is 2.43. The second-order valence-corrected chi connectivity index (χ2v) is 4.22. The van der Waals surface area contributed by atoms with E-state index in [1.165, 1.54) is 19.2 Å². The fourth-order valence-corrected chi connectivity index (χ4v) is 1.68. The Bertz CT molecular complexity index is 647. The number of hydrogen-bond acceptors (Lipinski definition) is 4. The predicted molar refractivity (Wildman–Crippen MR) is 77.9 cm³/mol. The van der Waals surface area contributed by atoms with Gasteiger partial charge in [0.05, 0.1) is 18.5 Å². The lowest BCUT2D eigenvalue weighted by atomic mass is 10.3. The zero-order valence-corrected chi connectivity index (χ0v) is 11.4. The zero-order valence-electron chi connectivity index (χ0n) is 11.4. The van der Waals surface area contributed by atoms with Gasteiger partial charge in [-0.15, -0.1) is 0 Å². The number of nitrogens with one attached hydrogen (secondary N) is 1. The van der Waals surface area contributed by atoms with E-state index in [1.807, 2.05) is 0 Å². The summed E-state index contributed by atoms with van der Waals surface area (Å²) in [4.78, 5) is 11.8. The van der Waals surface area contributed by atoms with Gasteiger partial charge < -0.3 is 20.5 Å². The molecule has 2 rings (SSSR count). The molecule has 2 aromatic carbocycles. The molecule has 0 heterocycles. The van der Waals surface area contributed by atoms with Crippen LogP contribution in [0.15, 0.2) is 42.5 Å². The van der Waals surface area contributed by atoms with Crippen molar-refractivity contribution in [3.63, 3.8) is 0 Å². The fraction of sp³-hybridized carbons (Fsp3) is 0.133. The van der Waals surface area contributed by atoms with Crippen molar-refractivity contribution in [1.29, 1.82) is 0 Å². The molecule has 0 spiro atoms. The summed E-state index contributed by atoms with van der Waals surface area (Å²) >= 11 is 0. The van der Waals surface area contributed by atoms with E-state index in [9.17, 15) is 9.18 Å². The van der Waals surface area contributed by atoms with Crippen LogP contribution >= 0.6 is 0 Å². The second kappa shape index (κ2) is 6.60. The van der Waals surface area contributed by atoms with E-state index in [-0.39, 0.29) is 24.0 Å². The number of methoxy groups -OCH3 is 1. The molecule has 1 amide bonds. The third-order valence-electron chi connectivity index (χ3n) is 2.72. The van der Waals surface area contributed by atoms with Crippen LogP contribution in [0.1, 0.15) is 0 Å². The maximum Gasteiger partial charge on any atom is 0.262 e. The molecule has 0 radical (unpaired) electrons. The summed E-state index contributed by atoms with van der Waals surface area (Å²) in [7, 11) is 1.51. The van der Waals surface area contributed by atoms with Crippen molar-refractivity contribution in [2.75, 3.05) is 24.8 Å². The average molecular weight is 290 g/mol. The minimum atomic E-state index is -0.586. The van der Waals surface area contributed by atoms with Crippen LogP contribution in [-0.2, 0) is 4.79 Å². The molecular formula is C15H15FN2O3. The first-order valence-electron chi connectivity index (χ1n) is 6.21. The maximum atomic E-state index is 13.2. The van der Waals surface area contributed by atoms with Crippen LogP contribution in [0.3, 0.4) is 0 Å². The van der Waals surface area contributed by atoms with E-state index >= 15 is 0 Å². The Morgan fingerprint density at radius 3 is 2.76 bits per heavy atom. The van der Waals surface area contributed by atoms with E-state index in [0.717, 1.165) is 6.07 Å². The first-order chi connectivity index (χ1) is 10.1. The molecule has 0 aliphatic rings. The highest BCUT2D eigenvalue weighted by Crippen LogP contribution is 2.23. The monoisotopic (exact) mass is 290 g/mol. The highest BCUT2D eigenvalue weighted by atomic mass is 19.1. The van der Waals surface area contributed by atoms with E-state index in [4.69, 9.17) is 15.2 Å². The van der Waals surface area contributed by atoms with E-state index in [0.29, 0.717) is 11.4 Å². The van der Waals surface area contributed by atoms with Gasteiger partial charge in [-0.05, 0) is 24.3 Å². The molecule has 0 saturated heterocycles. The second-order valence-electron chi connectivity index (χ2n) is 4.22. The lowest BCUT2D eigenvalue weighted by Crippen LogP contribution is -2.20. The van der Waals surface area contributed by atoms with Gasteiger partial charge in [0.25, 0.3) is 5.91 Å². The van der Waals surface area contributed by atoms with Crippen LogP contribution < -0.4 is 20.5 Å². The summed E-state index contributed by atoms with van der Waals surface area (Å²) in [5.41, 5.74) is 5.92. The molecule has 6 heteroatoms. The fourth-order valence-electron chi connectivity index (χ4n) is 1.68. The normalized spacial score (nSPS) is 10.0. The molecule has 0 unspecified atom stereocenters. The quantitative estimate of drug-likeness (QED) is 0.829. The number of carbonyl (C=O) groups is 1. The van der Waals surface area contributed by atoms with Gasteiger partial charge in [-0.1, -0.05) is 12.1 Å².